The molecule has 1 aliphatic rings. The Balaban J connectivity index is 2.62. The van der Waals surface area contributed by atoms with Gasteiger partial charge in [0.15, 0.2) is 0 Å². The summed E-state index contributed by atoms with van der Waals surface area (Å²) in [7, 11) is 0. The maximum absolute atomic E-state index is 12.0. The van der Waals surface area contributed by atoms with Gasteiger partial charge in [0.2, 0.25) is 0 Å². The number of hydrogen-bond acceptors (Lipinski definition) is 4. The molecule has 1 N–H and O–H groups in total. The Morgan fingerprint density at radius 1 is 1.42 bits per heavy atom. The Kier molecular flexibility index (Phi) is 4.46. The molecule has 1 aliphatic heterocycles. The molecule has 5 heteroatoms. The third kappa shape index (κ3) is 5.21. The van der Waals surface area contributed by atoms with E-state index in [1.54, 1.807) is 4.90 Å². The van der Waals surface area contributed by atoms with Gasteiger partial charge in [-0.1, -0.05) is 5.92 Å². The fourth-order valence-corrected chi connectivity index (χ4v) is 1.57. The van der Waals surface area contributed by atoms with E-state index in [0.717, 1.165) is 5.84 Å². The maximum atomic E-state index is 12.0. The summed E-state index contributed by atoms with van der Waals surface area (Å²) >= 11 is 0. The van der Waals surface area contributed by atoms with Crippen molar-refractivity contribution in [3.63, 3.8) is 0 Å². The molecule has 0 aromatic heterocycles. The third-order valence-electron chi connectivity index (χ3n) is 2.48. The quantitative estimate of drug-likeness (QED) is 0.733. The Bertz CT molecular complexity index is 413. The van der Waals surface area contributed by atoms with E-state index in [-0.39, 0.29) is 6.09 Å². The molecule has 1 rings (SSSR count). The molecule has 0 bridgehead atoms. The molecule has 0 atom stereocenters. The van der Waals surface area contributed by atoms with E-state index in [1.807, 2.05) is 34.6 Å². The molecule has 1 amide bonds. The van der Waals surface area contributed by atoms with Gasteiger partial charge in [-0.15, -0.1) is 6.42 Å². The Morgan fingerprint density at radius 2 is 2.05 bits per heavy atom. The van der Waals surface area contributed by atoms with Crippen molar-refractivity contribution in [3.05, 3.63) is 0 Å². The summed E-state index contributed by atoms with van der Waals surface area (Å²) in [4.78, 5) is 18.0. The van der Waals surface area contributed by atoms with Crippen LogP contribution in [0.5, 0.6) is 0 Å². The molecule has 106 valence electrons. The van der Waals surface area contributed by atoms with Crippen molar-refractivity contribution in [1.29, 1.82) is 0 Å². The highest BCUT2D eigenvalue weighted by molar-refractivity contribution is 5.88. The fourth-order valence-electron chi connectivity index (χ4n) is 1.57. The third-order valence-corrected chi connectivity index (χ3v) is 2.48. The minimum atomic E-state index is -0.489. The fraction of sp³-hybridized carbons (Fsp3) is 0.714. The zero-order valence-corrected chi connectivity index (χ0v) is 12.4. The van der Waals surface area contributed by atoms with E-state index in [0.29, 0.717) is 19.6 Å². The second-order valence-electron chi connectivity index (χ2n) is 6.12. The number of amides is 1. The first-order valence-electron chi connectivity index (χ1n) is 6.40. The summed E-state index contributed by atoms with van der Waals surface area (Å²) in [5.41, 5.74) is -0.965. The summed E-state index contributed by atoms with van der Waals surface area (Å²) in [5.74, 6) is 3.37. The first-order chi connectivity index (χ1) is 8.63. The standard InChI is InChI=1S/C14H23N3O2/c1-7-14(5,6)16-11-10-17(9-8-15-11)12(18)19-13(2,3)4/h1H,8-10H2,2-6H3,(H,15,16). The van der Waals surface area contributed by atoms with Crippen molar-refractivity contribution in [2.45, 2.75) is 45.8 Å². The largest absolute Gasteiger partial charge is 0.444 e. The van der Waals surface area contributed by atoms with Crippen LogP contribution in [-0.4, -0.2) is 47.6 Å². The molecule has 19 heavy (non-hydrogen) atoms. The zero-order chi connectivity index (χ0) is 14.7. The van der Waals surface area contributed by atoms with Crippen molar-refractivity contribution >= 4 is 11.9 Å². The number of terminal acetylenes is 1. The van der Waals surface area contributed by atoms with Crippen LogP contribution in [0.4, 0.5) is 4.79 Å². The highest BCUT2D eigenvalue weighted by atomic mass is 16.6. The Morgan fingerprint density at radius 3 is 2.58 bits per heavy atom. The number of nitrogens with one attached hydrogen (secondary N) is 1. The smallest absolute Gasteiger partial charge is 0.410 e. The number of carbonyl (C=O) groups is 1. The average Bonchev–Trinajstić information content (AvgIpc) is 2.26. The van der Waals surface area contributed by atoms with Gasteiger partial charge in [0, 0.05) is 6.54 Å². The second-order valence-corrected chi connectivity index (χ2v) is 6.12. The minimum absolute atomic E-state index is 0.319. The van der Waals surface area contributed by atoms with Crippen LogP contribution in [0.25, 0.3) is 0 Å². The molecular weight excluding hydrogens is 242 g/mol. The summed E-state index contributed by atoms with van der Waals surface area (Å²) in [6.45, 7) is 10.9. The topological polar surface area (TPSA) is 53.9 Å². The molecule has 0 fully saturated rings. The molecule has 0 aromatic carbocycles. The molecule has 0 spiro atoms. The lowest BCUT2D eigenvalue weighted by Crippen LogP contribution is -2.51. The van der Waals surface area contributed by atoms with E-state index in [4.69, 9.17) is 11.2 Å². The number of hydrogen-bond donors (Lipinski definition) is 1. The number of nitrogens with zero attached hydrogens (tertiary/aromatic N) is 2. The van der Waals surface area contributed by atoms with E-state index >= 15 is 0 Å². The highest BCUT2D eigenvalue weighted by Gasteiger charge is 2.26. The first-order valence-corrected chi connectivity index (χ1v) is 6.40. The van der Waals surface area contributed by atoms with Crippen LogP contribution in [0.1, 0.15) is 34.6 Å². The lowest BCUT2D eigenvalue weighted by molar-refractivity contribution is 0.0276. The molecule has 0 aromatic rings. The van der Waals surface area contributed by atoms with Crippen molar-refractivity contribution < 1.29 is 9.53 Å². The van der Waals surface area contributed by atoms with E-state index in [2.05, 4.69) is 16.2 Å². The predicted octanol–water partition coefficient (Wildman–Crippen LogP) is 1.64. The molecule has 0 aliphatic carbocycles. The maximum Gasteiger partial charge on any atom is 0.410 e. The van der Waals surface area contributed by atoms with Crippen LogP contribution < -0.4 is 5.32 Å². The van der Waals surface area contributed by atoms with Gasteiger partial charge in [-0.05, 0) is 34.6 Å². The molecule has 1 heterocycles. The summed E-state index contributed by atoms with van der Waals surface area (Å²) in [6.07, 6.45) is 5.11. The number of ether oxygens (including phenoxy) is 1. The molecular formula is C14H23N3O2. The van der Waals surface area contributed by atoms with E-state index in [9.17, 15) is 4.79 Å². The monoisotopic (exact) mass is 265 g/mol. The van der Waals surface area contributed by atoms with E-state index < -0.39 is 11.1 Å². The number of rotatable bonds is 1. The predicted molar refractivity (Wildman–Crippen MR) is 76.2 cm³/mol. The van der Waals surface area contributed by atoms with Crippen LogP contribution in [0.3, 0.4) is 0 Å². The van der Waals surface area contributed by atoms with E-state index in [1.165, 1.54) is 0 Å². The van der Waals surface area contributed by atoms with Crippen LogP contribution in [-0.2, 0) is 4.74 Å². The molecule has 0 unspecified atom stereocenters. The van der Waals surface area contributed by atoms with Gasteiger partial charge in [-0.2, -0.15) is 0 Å². The molecule has 0 saturated heterocycles. The molecule has 0 saturated carbocycles. The van der Waals surface area contributed by atoms with Crippen LogP contribution in [0.2, 0.25) is 0 Å². The number of aliphatic imine (C=N–C) groups is 1. The lowest BCUT2D eigenvalue weighted by atomic mass is 10.1. The Hall–Kier alpha value is -1.70. The molecule has 5 nitrogen and oxygen atoms in total. The van der Waals surface area contributed by atoms with Crippen LogP contribution in [0.15, 0.2) is 4.99 Å². The first kappa shape index (κ1) is 15.4. The van der Waals surface area contributed by atoms with Crippen LogP contribution >= 0.6 is 0 Å². The van der Waals surface area contributed by atoms with Crippen molar-refractivity contribution in [3.8, 4) is 12.3 Å². The Labute approximate surface area is 115 Å². The second kappa shape index (κ2) is 5.52. The normalized spacial score (nSPS) is 16.4. The van der Waals surface area contributed by atoms with Crippen molar-refractivity contribution in [1.82, 2.24) is 10.2 Å². The van der Waals surface area contributed by atoms with Crippen molar-refractivity contribution in [2.24, 2.45) is 4.99 Å². The minimum Gasteiger partial charge on any atom is -0.444 e. The van der Waals surface area contributed by atoms with Crippen LogP contribution in [0, 0.1) is 12.3 Å². The summed E-state index contributed by atoms with van der Waals surface area (Å²) in [6, 6.07) is 0. The van der Waals surface area contributed by atoms with Crippen molar-refractivity contribution in [2.75, 3.05) is 19.6 Å². The zero-order valence-electron chi connectivity index (χ0n) is 12.4. The lowest BCUT2D eigenvalue weighted by Gasteiger charge is -2.32. The highest BCUT2D eigenvalue weighted by Crippen LogP contribution is 2.11. The summed E-state index contributed by atoms with van der Waals surface area (Å²) < 4.78 is 5.35. The van der Waals surface area contributed by atoms with Gasteiger partial charge in [0.25, 0.3) is 0 Å². The number of amidine groups is 1. The number of carbonyl (C=O) groups excluding carboxylic acids is 1. The average molecular weight is 265 g/mol. The van der Waals surface area contributed by atoms with Gasteiger partial charge >= 0.3 is 6.09 Å². The van der Waals surface area contributed by atoms with Gasteiger partial charge < -0.3 is 10.1 Å². The van der Waals surface area contributed by atoms with Gasteiger partial charge in [-0.25, -0.2) is 4.79 Å². The molecule has 0 radical (unpaired) electrons. The van der Waals surface area contributed by atoms with Gasteiger partial charge in [0.05, 0.1) is 18.6 Å². The summed E-state index contributed by atoms with van der Waals surface area (Å²) in [5, 5.41) is 3.16. The SMILES string of the molecule is C#CC(C)(C)NC1=NCCN(C(=O)OC(C)(C)C)C1. The van der Waals surface area contributed by atoms with Gasteiger partial charge in [-0.3, -0.25) is 9.89 Å². The van der Waals surface area contributed by atoms with Gasteiger partial charge in [0.1, 0.15) is 11.4 Å².